The maximum Gasteiger partial charge on any atom is 0.248 e. The van der Waals surface area contributed by atoms with Crippen LogP contribution in [0.25, 0.3) is 0 Å². The molecule has 2 amide bonds. The van der Waals surface area contributed by atoms with Crippen molar-refractivity contribution in [3.05, 3.63) is 77.3 Å². The number of aromatic nitrogens is 4. The van der Waals surface area contributed by atoms with Gasteiger partial charge in [-0.2, -0.15) is 10.5 Å². The molecule has 2 fully saturated rings. The van der Waals surface area contributed by atoms with E-state index in [2.05, 4.69) is 57.3 Å². The number of nitriles is 1. The minimum absolute atomic E-state index is 0.0650. The van der Waals surface area contributed by atoms with Gasteiger partial charge < -0.3 is 21.7 Å². The fourth-order valence-electron chi connectivity index (χ4n) is 6.54. The molecular formula is C29H35N9O2. The van der Waals surface area contributed by atoms with Gasteiger partial charge in [-0.1, -0.05) is 49.1 Å². The number of likely N-dealkylation sites (tertiary alicyclic amines) is 1. The van der Waals surface area contributed by atoms with Crippen molar-refractivity contribution in [2.75, 3.05) is 6.54 Å². The van der Waals surface area contributed by atoms with Gasteiger partial charge in [0.15, 0.2) is 5.82 Å². The van der Waals surface area contributed by atoms with Crippen molar-refractivity contribution >= 4 is 11.8 Å². The number of amides is 2. The summed E-state index contributed by atoms with van der Waals surface area (Å²) >= 11 is 0. The molecule has 1 saturated carbocycles. The molecule has 208 valence electrons. The average Bonchev–Trinajstić information content (AvgIpc) is 3.34. The highest BCUT2D eigenvalue weighted by Crippen LogP contribution is 2.54. The summed E-state index contributed by atoms with van der Waals surface area (Å²) in [5.41, 5.74) is 13.2. The first kappa shape index (κ1) is 27.3. The molecule has 1 aromatic heterocycles. The fraction of sp³-hybridized carbons (Fsp3) is 0.448. The van der Waals surface area contributed by atoms with Crippen LogP contribution in [0.2, 0.25) is 0 Å². The van der Waals surface area contributed by atoms with Crippen molar-refractivity contribution in [2.24, 2.45) is 29.2 Å². The summed E-state index contributed by atoms with van der Waals surface area (Å²) in [6, 6.07) is 9.73. The molecule has 3 aliphatic rings. The van der Waals surface area contributed by atoms with E-state index in [1.165, 1.54) is 0 Å². The fourth-order valence-corrected chi connectivity index (χ4v) is 6.54. The van der Waals surface area contributed by atoms with Crippen LogP contribution >= 0.6 is 0 Å². The van der Waals surface area contributed by atoms with E-state index in [4.69, 9.17) is 11.5 Å². The molecule has 0 radical (unpaired) electrons. The van der Waals surface area contributed by atoms with E-state index < -0.39 is 17.2 Å². The van der Waals surface area contributed by atoms with Crippen molar-refractivity contribution in [1.29, 1.82) is 5.26 Å². The van der Waals surface area contributed by atoms with Crippen LogP contribution in [0.5, 0.6) is 0 Å². The summed E-state index contributed by atoms with van der Waals surface area (Å²) in [5, 5.41) is 28.6. The predicted octanol–water partition coefficient (Wildman–Crippen LogP) is 1.69. The van der Waals surface area contributed by atoms with E-state index >= 15 is 0 Å². The summed E-state index contributed by atoms with van der Waals surface area (Å²) in [7, 11) is 0. The van der Waals surface area contributed by atoms with Crippen LogP contribution < -0.4 is 16.8 Å². The molecule has 0 bridgehead atoms. The van der Waals surface area contributed by atoms with Gasteiger partial charge in [-0.3, -0.25) is 9.59 Å². The molecule has 2 aromatic rings. The third-order valence-electron chi connectivity index (χ3n) is 8.79. The predicted molar refractivity (Wildman–Crippen MR) is 148 cm³/mol. The van der Waals surface area contributed by atoms with Gasteiger partial charge in [0, 0.05) is 29.9 Å². The van der Waals surface area contributed by atoms with E-state index in [0.29, 0.717) is 48.7 Å². The van der Waals surface area contributed by atoms with E-state index in [-0.39, 0.29) is 18.0 Å². The lowest BCUT2D eigenvalue weighted by molar-refractivity contribution is -0.120. The first-order valence-corrected chi connectivity index (χ1v) is 13.6. The summed E-state index contributed by atoms with van der Waals surface area (Å²) < 4.78 is 0. The number of tetrazole rings is 1. The molecular weight excluding hydrogens is 506 g/mol. The molecule has 11 nitrogen and oxygen atoms in total. The number of aromatic amines is 1. The highest BCUT2D eigenvalue weighted by atomic mass is 16.1. The number of allylic oxidation sites excluding steroid dienone is 3. The summed E-state index contributed by atoms with van der Waals surface area (Å²) in [5.74, 6) is 0.311. The molecule has 5 rings (SSSR count). The molecule has 2 heterocycles. The Labute approximate surface area is 233 Å². The molecule has 40 heavy (non-hydrogen) atoms. The van der Waals surface area contributed by atoms with Gasteiger partial charge >= 0.3 is 0 Å². The van der Waals surface area contributed by atoms with Crippen molar-refractivity contribution in [3.8, 4) is 6.07 Å². The molecule has 7 atom stereocenters. The molecule has 0 spiro atoms. The SMILES string of the molecule is C=C(CN[C@H](C)CC(C1=CCC(C(N)=O)C=C1)(c1ccc(C(N)=O)cc1)c1nn[nH]n1)N1C(C#N)C[C@@H]2[C@H](C)[C@@H]21. The highest BCUT2D eigenvalue weighted by molar-refractivity contribution is 5.92. The quantitative estimate of drug-likeness (QED) is 0.332. The van der Waals surface area contributed by atoms with Gasteiger partial charge in [-0.15, -0.1) is 10.2 Å². The lowest BCUT2D eigenvalue weighted by Crippen LogP contribution is -2.43. The molecule has 1 aromatic carbocycles. The van der Waals surface area contributed by atoms with Crippen LogP contribution in [-0.4, -0.2) is 62.0 Å². The Hall–Kier alpha value is -4.30. The monoisotopic (exact) mass is 541 g/mol. The number of nitrogens with zero attached hydrogens (tertiary/aromatic N) is 5. The first-order chi connectivity index (χ1) is 19.2. The van der Waals surface area contributed by atoms with Crippen LogP contribution in [0.3, 0.4) is 0 Å². The maximum atomic E-state index is 11.9. The first-order valence-electron chi connectivity index (χ1n) is 13.6. The smallest absolute Gasteiger partial charge is 0.248 e. The number of fused-ring (bicyclic) bond motifs is 1. The summed E-state index contributed by atoms with van der Waals surface area (Å²) in [4.78, 5) is 25.8. The summed E-state index contributed by atoms with van der Waals surface area (Å²) in [6.45, 7) is 9.16. The second kappa shape index (κ2) is 10.7. The Morgan fingerprint density at radius 1 is 1.32 bits per heavy atom. The van der Waals surface area contributed by atoms with Crippen LogP contribution in [0.15, 0.2) is 60.3 Å². The number of piperidine rings is 1. The summed E-state index contributed by atoms with van der Waals surface area (Å²) in [6.07, 6.45) is 7.58. The topological polar surface area (TPSA) is 180 Å². The van der Waals surface area contributed by atoms with Gasteiger partial charge in [-0.25, -0.2) is 0 Å². The second-order valence-corrected chi connectivity index (χ2v) is 11.2. The maximum absolute atomic E-state index is 11.9. The molecule has 3 unspecified atom stereocenters. The average molecular weight is 542 g/mol. The number of nitrogens with two attached hydrogens (primary N) is 2. The number of carbonyl (C=O) groups is 2. The normalized spacial score (nSPS) is 27.2. The largest absolute Gasteiger partial charge is 0.369 e. The van der Waals surface area contributed by atoms with Gasteiger partial charge in [0.05, 0.1) is 17.4 Å². The Morgan fingerprint density at radius 2 is 2.08 bits per heavy atom. The Bertz CT molecular complexity index is 1390. The molecule has 11 heteroatoms. The van der Waals surface area contributed by atoms with Gasteiger partial charge in [0.1, 0.15) is 6.04 Å². The van der Waals surface area contributed by atoms with Gasteiger partial charge in [-0.05, 0) is 61.3 Å². The molecule has 1 aliphatic heterocycles. The third kappa shape index (κ3) is 4.79. The van der Waals surface area contributed by atoms with E-state index in [9.17, 15) is 14.9 Å². The van der Waals surface area contributed by atoms with Crippen LogP contribution in [0, 0.1) is 29.1 Å². The van der Waals surface area contributed by atoms with E-state index in [0.717, 1.165) is 23.3 Å². The van der Waals surface area contributed by atoms with Gasteiger partial charge in [0.25, 0.3) is 0 Å². The van der Waals surface area contributed by atoms with Crippen molar-refractivity contribution in [3.63, 3.8) is 0 Å². The Morgan fingerprint density at radius 3 is 2.65 bits per heavy atom. The highest BCUT2D eigenvalue weighted by Gasteiger charge is 2.58. The number of primary amides is 2. The minimum atomic E-state index is -0.866. The van der Waals surface area contributed by atoms with Crippen LogP contribution in [-0.2, 0) is 10.2 Å². The Kier molecular flexibility index (Phi) is 7.29. The van der Waals surface area contributed by atoms with Crippen molar-refractivity contribution in [1.82, 2.24) is 30.8 Å². The number of hydrogen-bond donors (Lipinski definition) is 4. The van der Waals surface area contributed by atoms with Crippen molar-refractivity contribution < 1.29 is 9.59 Å². The zero-order valence-electron chi connectivity index (χ0n) is 22.7. The molecule has 2 aliphatic carbocycles. The second-order valence-electron chi connectivity index (χ2n) is 11.2. The zero-order valence-corrected chi connectivity index (χ0v) is 22.7. The number of carbonyl (C=O) groups excluding carboxylic acids is 2. The third-order valence-corrected chi connectivity index (χ3v) is 8.79. The lowest BCUT2D eigenvalue weighted by atomic mass is 9.67. The van der Waals surface area contributed by atoms with E-state index in [1.54, 1.807) is 12.1 Å². The Balaban J connectivity index is 1.45. The number of benzene rings is 1. The zero-order chi connectivity index (χ0) is 28.6. The minimum Gasteiger partial charge on any atom is -0.369 e. The van der Waals surface area contributed by atoms with E-state index in [1.807, 2.05) is 30.4 Å². The standard InChI is InChI=1S/C29H35N9O2/c1-16(33-15-17(2)38-23(14-30)12-24-18(3)25(24)38)13-29(28-34-36-37-35-28,21-8-4-19(5-9-21)26(31)39)22-10-6-20(7-11-22)27(32)40/h4-6,8-11,16,18,20,23-25,33H,2,7,12-13,15H2,1,3H3,(H2,31,39)(H2,32,40)(H,34,35,36,37)/t16-,18+,20?,23?,24-,25+,29?/m1/s1. The molecule has 6 N–H and O–H groups in total. The van der Waals surface area contributed by atoms with Crippen molar-refractivity contribution in [2.45, 2.75) is 56.7 Å². The number of hydrogen-bond acceptors (Lipinski definition) is 8. The van der Waals surface area contributed by atoms with Crippen LogP contribution in [0.4, 0.5) is 0 Å². The van der Waals surface area contributed by atoms with Crippen LogP contribution in [0.1, 0.15) is 54.9 Å². The van der Waals surface area contributed by atoms with Gasteiger partial charge in [0.2, 0.25) is 11.8 Å². The molecule has 1 saturated heterocycles. The number of H-pyrrole nitrogens is 1. The lowest BCUT2D eigenvalue weighted by Gasteiger charge is -2.37. The number of nitrogens with one attached hydrogen (secondary N) is 2. The number of rotatable bonds is 11.